The van der Waals surface area contributed by atoms with Crippen molar-refractivity contribution in [3.63, 3.8) is 0 Å². The summed E-state index contributed by atoms with van der Waals surface area (Å²) in [7, 11) is 1.62. The van der Waals surface area contributed by atoms with E-state index in [1.54, 1.807) is 18.1 Å². The molecule has 2 heterocycles. The Labute approximate surface area is 185 Å². The molecule has 1 saturated heterocycles. The van der Waals surface area contributed by atoms with Gasteiger partial charge in [0.1, 0.15) is 11.6 Å². The van der Waals surface area contributed by atoms with Gasteiger partial charge in [-0.15, -0.1) is 0 Å². The zero-order valence-electron chi connectivity index (χ0n) is 17.6. The normalized spacial score (nSPS) is 14.6. The molecular weight excluding hydrogens is 417 g/mol. The van der Waals surface area contributed by atoms with Crippen LogP contribution >= 0.6 is 11.3 Å². The molecule has 3 aromatic rings. The molecule has 0 unspecified atom stereocenters. The van der Waals surface area contributed by atoms with Crippen LogP contribution in [0.5, 0.6) is 5.75 Å². The average molecular weight is 444 g/mol. The van der Waals surface area contributed by atoms with Crippen molar-refractivity contribution >= 4 is 32.6 Å². The highest BCUT2D eigenvalue weighted by Gasteiger charge is 2.21. The van der Waals surface area contributed by atoms with Crippen LogP contribution in [-0.4, -0.2) is 62.3 Å². The van der Waals surface area contributed by atoms with Gasteiger partial charge in [0.15, 0.2) is 5.13 Å². The second-order valence-corrected chi connectivity index (χ2v) is 8.50. The highest BCUT2D eigenvalue weighted by molar-refractivity contribution is 7.22. The number of ether oxygens (including phenoxy) is 2. The van der Waals surface area contributed by atoms with Crippen LogP contribution < -0.4 is 9.64 Å². The van der Waals surface area contributed by atoms with Crippen LogP contribution in [0.1, 0.15) is 12.0 Å². The monoisotopic (exact) mass is 443 g/mol. The molecule has 0 aliphatic carbocycles. The van der Waals surface area contributed by atoms with E-state index in [-0.39, 0.29) is 18.1 Å². The number of morpholine rings is 1. The molecule has 0 N–H and O–H groups in total. The summed E-state index contributed by atoms with van der Waals surface area (Å²) in [6, 6.07) is 12.0. The van der Waals surface area contributed by atoms with Gasteiger partial charge in [-0.1, -0.05) is 23.5 Å². The SMILES string of the molecule is COc1ccc(CC(=O)N(CCCN2CCOCC2)c2nc3ccc(F)cc3s2)cc1. The Morgan fingerprint density at radius 1 is 1.23 bits per heavy atom. The summed E-state index contributed by atoms with van der Waals surface area (Å²) >= 11 is 1.35. The third kappa shape index (κ3) is 5.58. The molecule has 2 aromatic carbocycles. The zero-order valence-corrected chi connectivity index (χ0v) is 18.4. The van der Waals surface area contributed by atoms with Crippen LogP contribution in [0, 0.1) is 5.82 Å². The second kappa shape index (κ2) is 10.2. The number of hydrogen-bond donors (Lipinski definition) is 0. The quantitative estimate of drug-likeness (QED) is 0.531. The lowest BCUT2D eigenvalue weighted by Crippen LogP contribution is -2.39. The molecule has 0 radical (unpaired) electrons. The Morgan fingerprint density at radius 2 is 2.00 bits per heavy atom. The van der Waals surface area contributed by atoms with Crippen molar-refractivity contribution < 1.29 is 18.7 Å². The third-order valence-corrected chi connectivity index (χ3v) is 6.39. The molecule has 0 bridgehead atoms. The number of nitrogens with zero attached hydrogens (tertiary/aromatic N) is 3. The molecule has 1 fully saturated rings. The molecule has 0 spiro atoms. The first-order valence-corrected chi connectivity index (χ1v) is 11.2. The third-order valence-electron chi connectivity index (χ3n) is 5.35. The first-order valence-electron chi connectivity index (χ1n) is 10.4. The minimum Gasteiger partial charge on any atom is -0.497 e. The van der Waals surface area contributed by atoms with Gasteiger partial charge in [-0.2, -0.15) is 0 Å². The number of carbonyl (C=O) groups excluding carboxylic acids is 1. The van der Waals surface area contributed by atoms with Gasteiger partial charge in [0, 0.05) is 26.2 Å². The van der Waals surface area contributed by atoms with Gasteiger partial charge in [0.2, 0.25) is 5.91 Å². The Hall–Kier alpha value is -2.55. The van der Waals surface area contributed by atoms with Crippen LogP contribution in [0.2, 0.25) is 0 Å². The number of carbonyl (C=O) groups is 1. The van der Waals surface area contributed by atoms with Crippen molar-refractivity contribution in [1.29, 1.82) is 0 Å². The molecule has 6 nitrogen and oxygen atoms in total. The average Bonchev–Trinajstić information content (AvgIpc) is 3.20. The summed E-state index contributed by atoms with van der Waals surface area (Å²) in [5.41, 5.74) is 1.62. The van der Waals surface area contributed by atoms with Gasteiger partial charge in [-0.05, 0) is 42.3 Å². The number of fused-ring (bicyclic) bond motifs is 1. The maximum Gasteiger partial charge on any atom is 0.233 e. The van der Waals surface area contributed by atoms with Gasteiger partial charge in [-0.25, -0.2) is 9.37 Å². The summed E-state index contributed by atoms with van der Waals surface area (Å²) in [5, 5.41) is 0.612. The molecule has 1 aromatic heterocycles. The molecular formula is C23H26FN3O3S. The zero-order chi connectivity index (χ0) is 21.6. The van der Waals surface area contributed by atoms with Crippen molar-refractivity contribution in [1.82, 2.24) is 9.88 Å². The van der Waals surface area contributed by atoms with E-state index in [0.717, 1.165) is 55.3 Å². The molecule has 31 heavy (non-hydrogen) atoms. The predicted octanol–water partition coefficient (Wildman–Crippen LogP) is 3.74. The minimum absolute atomic E-state index is 0.0216. The Kier molecular flexibility index (Phi) is 7.11. The number of amides is 1. The molecule has 1 aliphatic rings. The fourth-order valence-electron chi connectivity index (χ4n) is 3.62. The fraction of sp³-hybridized carbons (Fsp3) is 0.391. The van der Waals surface area contributed by atoms with Gasteiger partial charge in [0.05, 0.1) is 37.0 Å². The topological polar surface area (TPSA) is 54.9 Å². The molecule has 164 valence electrons. The Morgan fingerprint density at radius 3 is 2.74 bits per heavy atom. The van der Waals surface area contributed by atoms with E-state index in [1.165, 1.54) is 23.5 Å². The summed E-state index contributed by atoms with van der Waals surface area (Å²) in [5.74, 6) is 0.435. The maximum absolute atomic E-state index is 13.6. The van der Waals surface area contributed by atoms with Gasteiger partial charge in [-0.3, -0.25) is 14.6 Å². The van der Waals surface area contributed by atoms with E-state index in [9.17, 15) is 9.18 Å². The Bertz CT molecular complexity index is 1020. The first kappa shape index (κ1) is 21.7. The van der Waals surface area contributed by atoms with Crippen LogP contribution in [0.4, 0.5) is 9.52 Å². The number of methoxy groups -OCH3 is 1. The standard InChI is InChI=1S/C23H26FN3O3S/c1-29-19-6-3-17(4-7-19)15-22(28)27(10-2-9-26-11-13-30-14-12-26)23-25-20-8-5-18(24)16-21(20)31-23/h3-8,16H,2,9-15H2,1H3. The lowest BCUT2D eigenvalue weighted by molar-refractivity contribution is -0.118. The van der Waals surface area contributed by atoms with E-state index in [1.807, 2.05) is 24.3 Å². The minimum atomic E-state index is -0.300. The lowest BCUT2D eigenvalue weighted by atomic mass is 10.1. The number of thiazole rings is 1. The fourth-order valence-corrected chi connectivity index (χ4v) is 4.65. The smallest absolute Gasteiger partial charge is 0.233 e. The number of rotatable bonds is 8. The van der Waals surface area contributed by atoms with Crippen molar-refractivity contribution in [2.24, 2.45) is 0 Å². The summed E-state index contributed by atoms with van der Waals surface area (Å²) in [4.78, 5) is 22.0. The summed E-state index contributed by atoms with van der Waals surface area (Å²) < 4.78 is 25.0. The molecule has 0 atom stereocenters. The number of halogens is 1. The Balaban J connectivity index is 1.50. The molecule has 1 aliphatic heterocycles. The van der Waals surface area contributed by atoms with E-state index < -0.39 is 0 Å². The van der Waals surface area contributed by atoms with Gasteiger partial charge in [0.25, 0.3) is 0 Å². The van der Waals surface area contributed by atoms with Crippen LogP contribution in [0.25, 0.3) is 10.2 Å². The van der Waals surface area contributed by atoms with E-state index in [0.29, 0.717) is 17.2 Å². The highest BCUT2D eigenvalue weighted by Crippen LogP contribution is 2.30. The number of anilines is 1. The molecule has 8 heteroatoms. The lowest BCUT2D eigenvalue weighted by Gasteiger charge is -2.27. The molecule has 1 amide bonds. The first-order chi connectivity index (χ1) is 15.1. The van der Waals surface area contributed by atoms with E-state index in [2.05, 4.69) is 9.88 Å². The second-order valence-electron chi connectivity index (χ2n) is 7.49. The predicted molar refractivity (Wildman–Crippen MR) is 121 cm³/mol. The van der Waals surface area contributed by atoms with Crippen molar-refractivity contribution in [3.8, 4) is 5.75 Å². The molecule has 4 rings (SSSR count). The number of aromatic nitrogens is 1. The van der Waals surface area contributed by atoms with Gasteiger partial charge >= 0.3 is 0 Å². The van der Waals surface area contributed by atoms with Crippen molar-refractivity contribution in [2.75, 3.05) is 51.4 Å². The van der Waals surface area contributed by atoms with Crippen LogP contribution in [0.3, 0.4) is 0 Å². The number of benzene rings is 2. The van der Waals surface area contributed by atoms with Crippen molar-refractivity contribution in [2.45, 2.75) is 12.8 Å². The summed E-state index contributed by atoms with van der Waals surface area (Å²) in [6.45, 7) is 4.80. The van der Waals surface area contributed by atoms with Gasteiger partial charge < -0.3 is 9.47 Å². The van der Waals surface area contributed by atoms with E-state index in [4.69, 9.17) is 9.47 Å². The van der Waals surface area contributed by atoms with Crippen LogP contribution in [-0.2, 0) is 16.0 Å². The van der Waals surface area contributed by atoms with Crippen molar-refractivity contribution in [3.05, 3.63) is 53.8 Å². The van der Waals surface area contributed by atoms with E-state index >= 15 is 0 Å². The number of hydrogen-bond acceptors (Lipinski definition) is 6. The van der Waals surface area contributed by atoms with Crippen LogP contribution in [0.15, 0.2) is 42.5 Å². The maximum atomic E-state index is 13.6. The largest absolute Gasteiger partial charge is 0.497 e. The summed E-state index contributed by atoms with van der Waals surface area (Å²) in [6.07, 6.45) is 1.10. The molecule has 0 saturated carbocycles. The highest BCUT2D eigenvalue weighted by atomic mass is 32.1.